The van der Waals surface area contributed by atoms with Crippen LogP contribution in [0.2, 0.25) is 0 Å². The van der Waals surface area contributed by atoms with Gasteiger partial charge in [-0.05, 0) is 68.4 Å². The first-order chi connectivity index (χ1) is 16.5. The third-order valence-electron chi connectivity index (χ3n) is 6.88. The number of carbonyl (C=O) groups is 2. The molecule has 0 unspecified atom stereocenters. The number of carbonyl (C=O) groups excluding carboxylic acids is 2. The van der Waals surface area contributed by atoms with Crippen LogP contribution < -0.4 is 11.1 Å². The molecule has 1 fully saturated rings. The predicted octanol–water partition coefficient (Wildman–Crippen LogP) is 3.53. The Morgan fingerprint density at radius 2 is 1.74 bits per heavy atom. The standard InChI is InChI=1S/C25H34N4O4S2/c1-15(2)28-10-9-20-21(14-28)34-25(22(20)23(26)30)27-24(31)18-5-7-19(8-6-18)35(32,33)29-12-16(3)11-17(4)13-29/h5-8,15-17H,9-14H2,1-4H3,(H2,26,30)(H,27,31)/t16-,17-/m1/s1. The lowest BCUT2D eigenvalue weighted by molar-refractivity contribution is 0.0999. The van der Waals surface area contributed by atoms with Crippen molar-refractivity contribution in [2.75, 3.05) is 25.0 Å². The highest BCUT2D eigenvalue weighted by Crippen LogP contribution is 2.37. The van der Waals surface area contributed by atoms with Crippen molar-refractivity contribution in [1.29, 1.82) is 0 Å². The van der Waals surface area contributed by atoms with Crippen LogP contribution in [0, 0.1) is 11.8 Å². The molecule has 2 aliphatic rings. The summed E-state index contributed by atoms with van der Waals surface area (Å²) in [6.45, 7) is 10.9. The van der Waals surface area contributed by atoms with E-state index in [9.17, 15) is 18.0 Å². The van der Waals surface area contributed by atoms with Gasteiger partial charge in [0.25, 0.3) is 11.8 Å². The van der Waals surface area contributed by atoms with Gasteiger partial charge in [-0.15, -0.1) is 11.3 Å². The van der Waals surface area contributed by atoms with Crippen molar-refractivity contribution in [2.45, 2.75) is 58.0 Å². The van der Waals surface area contributed by atoms with E-state index < -0.39 is 21.8 Å². The number of piperidine rings is 1. The Bertz CT molecular complexity index is 1210. The molecule has 1 saturated heterocycles. The van der Waals surface area contributed by atoms with Gasteiger partial charge in [0.2, 0.25) is 10.0 Å². The number of fused-ring (bicyclic) bond motifs is 1. The van der Waals surface area contributed by atoms with Crippen molar-refractivity contribution in [2.24, 2.45) is 17.6 Å². The van der Waals surface area contributed by atoms with Crippen LogP contribution in [0.4, 0.5) is 5.00 Å². The molecule has 4 rings (SSSR count). The lowest BCUT2D eigenvalue weighted by atomic mass is 9.94. The number of amides is 2. The Kier molecular flexibility index (Phi) is 7.38. The number of primary amides is 1. The zero-order valence-corrected chi connectivity index (χ0v) is 22.3. The van der Waals surface area contributed by atoms with Crippen LogP contribution in [-0.4, -0.2) is 55.1 Å². The summed E-state index contributed by atoms with van der Waals surface area (Å²) >= 11 is 1.38. The summed E-state index contributed by atoms with van der Waals surface area (Å²) in [5, 5.41) is 3.29. The van der Waals surface area contributed by atoms with Gasteiger partial charge in [-0.25, -0.2) is 8.42 Å². The lowest BCUT2D eigenvalue weighted by Crippen LogP contribution is -2.42. The minimum atomic E-state index is -3.62. The molecular formula is C25H34N4O4S2. The molecule has 2 aromatic rings. The van der Waals surface area contributed by atoms with E-state index in [0.717, 1.165) is 23.4 Å². The Hall–Kier alpha value is -2.27. The minimum absolute atomic E-state index is 0.175. The minimum Gasteiger partial charge on any atom is -0.365 e. The third-order valence-corrected chi connectivity index (χ3v) is 9.86. The first kappa shape index (κ1) is 25.8. The molecule has 2 amide bonds. The normalized spacial score (nSPS) is 21.6. The zero-order valence-electron chi connectivity index (χ0n) is 20.7. The van der Waals surface area contributed by atoms with Crippen molar-refractivity contribution >= 4 is 38.2 Å². The second-order valence-electron chi connectivity index (χ2n) is 10.1. The number of rotatable bonds is 6. The molecule has 0 saturated carbocycles. The molecule has 3 N–H and O–H groups in total. The zero-order chi connectivity index (χ0) is 25.5. The Morgan fingerprint density at radius 1 is 1.11 bits per heavy atom. The van der Waals surface area contributed by atoms with E-state index in [1.165, 1.54) is 39.9 Å². The quantitative estimate of drug-likeness (QED) is 0.607. The molecule has 2 aliphatic heterocycles. The summed E-state index contributed by atoms with van der Waals surface area (Å²) in [6.07, 6.45) is 1.72. The van der Waals surface area contributed by atoms with Crippen molar-refractivity contribution in [1.82, 2.24) is 9.21 Å². The average Bonchev–Trinajstić information content (AvgIpc) is 3.15. The maximum atomic E-state index is 13.1. The highest BCUT2D eigenvalue weighted by molar-refractivity contribution is 7.89. The summed E-state index contributed by atoms with van der Waals surface area (Å²) in [6, 6.07) is 6.35. The van der Waals surface area contributed by atoms with E-state index in [1.807, 2.05) is 0 Å². The largest absolute Gasteiger partial charge is 0.365 e. The fraction of sp³-hybridized carbons (Fsp3) is 0.520. The molecule has 10 heteroatoms. The molecule has 3 heterocycles. The summed E-state index contributed by atoms with van der Waals surface area (Å²) in [5.41, 5.74) is 7.30. The lowest BCUT2D eigenvalue weighted by Gasteiger charge is -2.34. The van der Waals surface area contributed by atoms with E-state index in [-0.39, 0.29) is 4.90 Å². The van der Waals surface area contributed by atoms with Crippen LogP contribution in [0.5, 0.6) is 0 Å². The number of thiophene rings is 1. The Morgan fingerprint density at radius 3 is 2.31 bits per heavy atom. The molecule has 35 heavy (non-hydrogen) atoms. The summed E-state index contributed by atoms with van der Waals surface area (Å²) in [4.78, 5) is 28.8. The second kappa shape index (κ2) is 10.0. The van der Waals surface area contributed by atoms with E-state index >= 15 is 0 Å². The number of benzene rings is 1. The first-order valence-electron chi connectivity index (χ1n) is 12.1. The number of nitrogens with two attached hydrogens (primary N) is 1. The van der Waals surface area contributed by atoms with Crippen LogP contribution in [0.25, 0.3) is 0 Å². The first-order valence-corrected chi connectivity index (χ1v) is 14.3. The van der Waals surface area contributed by atoms with Crippen LogP contribution in [-0.2, 0) is 23.0 Å². The van der Waals surface area contributed by atoms with Gasteiger partial charge in [0.1, 0.15) is 5.00 Å². The average molecular weight is 519 g/mol. The Balaban J connectivity index is 1.53. The van der Waals surface area contributed by atoms with Crippen molar-refractivity contribution < 1.29 is 18.0 Å². The van der Waals surface area contributed by atoms with Gasteiger partial charge in [0.15, 0.2) is 0 Å². The number of hydrogen-bond donors (Lipinski definition) is 2. The topological polar surface area (TPSA) is 113 Å². The molecule has 0 radical (unpaired) electrons. The monoisotopic (exact) mass is 518 g/mol. The van der Waals surface area contributed by atoms with E-state index in [1.54, 1.807) is 0 Å². The van der Waals surface area contributed by atoms with Crippen LogP contribution in [0.15, 0.2) is 29.2 Å². The predicted molar refractivity (Wildman–Crippen MR) is 138 cm³/mol. The van der Waals surface area contributed by atoms with E-state index in [2.05, 4.69) is 37.9 Å². The maximum Gasteiger partial charge on any atom is 0.256 e. The molecule has 0 aliphatic carbocycles. The van der Waals surface area contributed by atoms with E-state index in [4.69, 9.17) is 5.73 Å². The smallest absolute Gasteiger partial charge is 0.256 e. The van der Waals surface area contributed by atoms with Crippen molar-refractivity contribution in [3.8, 4) is 0 Å². The molecule has 0 bridgehead atoms. The SMILES string of the molecule is CC(C)N1CCc2c(sc(NC(=O)c3ccc(S(=O)(=O)N4C[C@H](C)C[C@@H](C)C4)cc3)c2C(N)=O)C1. The molecule has 1 aromatic carbocycles. The van der Waals surface area contributed by atoms with Gasteiger partial charge in [-0.3, -0.25) is 14.5 Å². The summed E-state index contributed by atoms with van der Waals surface area (Å²) in [5.74, 6) is -0.345. The third kappa shape index (κ3) is 5.30. The molecule has 0 spiro atoms. The van der Waals surface area contributed by atoms with Gasteiger partial charge in [-0.1, -0.05) is 13.8 Å². The van der Waals surface area contributed by atoms with Crippen LogP contribution in [0.3, 0.4) is 0 Å². The van der Waals surface area contributed by atoms with Crippen molar-refractivity contribution in [3.63, 3.8) is 0 Å². The molecule has 1 aromatic heterocycles. The number of nitrogens with one attached hydrogen (secondary N) is 1. The van der Waals surface area contributed by atoms with Crippen molar-refractivity contribution in [3.05, 3.63) is 45.8 Å². The highest BCUT2D eigenvalue weighted by atomic mass is 32.2. The second-order valence-corrected chi connectivity index (χ2v) is 13.2. The molecular weight excluding hydrogens is 484 g/mol. The number of hydrogen-bond acceptors (Lipinski definition) is 6. The van der Waals surface area contributed by atoms with Crippen LogP contribution in [0.1, 0.15) is 65.3 Å². The number of anilines is 1. The summed E-state index contributed by atoms with van der Waals surface area (Å²) in [7, 11) is -3.62. The molecule has 190 valence electrons. The van der Waals surface area contributed by atoms with Gasteiger partial charge in [0, 0.05) is 42.7 Å². The highest BCUT2D eigenvalue weighted by Gasteiger charge is 2.32. The number of nitrogens with zero attached hydrogens (tertiary/aromatic N) is 2. The maximum absolute atomic E-state index is 13.1. The number of sulfonamides is 1. The molecule has 8 nitrogen and oxygen atoms in total. The summed E-state index contributed by atoms with van der Waals surface area (Å²) < 4.78 is 27.8. The molecule has 2 atom stereocenters. The van der Waals surface area contributed by atoms with Gasteiger partial charge in [-0.2, -0.15) is 4.31 Å². The van der Waals surface area contributed by atoms with E-state index in [0.29, 0.717) is 60.1 Å². The fourth-order valence-electron chi connectivity index (χ4n) is 5.12. The Labute approximate surface area is 211 Å². The van der Waals surface area contributed by atoms with Gasteiger partial charge < -0.3 is 11.1 Å². The van der Waals surface area contributed by atoms with Gasteiger partial charge in [0.05, 0.1) is 10.5 Å². The fourth-order valence-corrected chi connectivity index (χ4v) is 8.07. The van der Waals surface area contributed by atoms with Crippen LogP contribution >= 0.6 is 11.3 Å². The van der Waals surface area contributed by atoms with Gasteiger partial charge >= 0.3 is 0 Å².